The number of hydrogen-bond acceptors (Lipinski definition) is 21. The first kappa shape index (κ1) is 52.3. The molecule has 2 saturated heterocycles. The van der Waals surface area contributed by atoms with Crippen molar-refractivity contribution in [3.05, 3.63) is 59.7 Å². The number of carbonyl (C=O) groups is 9. The van der Waals surface area contributed by atoms with E-state index >= 15 is 0 Å². The minimum atomic E-state index is -1.94. The zero-order valence-corrected chi connectivity index (χ0v) is 38.3. The van der Waals surface area contributed by atoms with Crippen LogP contribution in [0.1, 0.15) is 72.4 Å². The molecule has 2 aliphatic heterocycles. The molecule has 23 heteroatoms. The molecule has 68 heavy (non-hydrogen) atoms. The Morgan fingerprint density at radius 2 is 0.941 bits per heavy atom. The van der Waals surface area contributed by atoms with Crippen molar-refractivity contribution < 1.29 is 105 Å². The van der Waals surface area contributed by atoms with E-state index < -0.39 is 141 Å². The van der Waals surface area contributed by atoms with Crippen LogP contribution >= 0.6 is 0 Å². The molecular weight excluding hydrogens is 906 g/mol. The first-order chi connectivity index (χ1) is 32.1. The number of fused-ring (bicyclic) bond motifs is 3. The Kier molecular flexibility index (Phi) is 18.0. The lowest BCUT2D eigenvalue weighted by atomic mass is 9.96. The molecule has 1 aliphatic carbocycles. The number of ether oxygens (including phenoxy) is 12. The smallest absolute Gasteiger partial charge is 0.407 e. The van der Waals surface area contributed by atoms with E-state index in [-0.39, 0.29) is 12.5 Å². The summed E-state index contributed by atoms with van der Waals surface area (Å²) in [6.45, 7) is 6.75. The Hall–Kier alpha value is -6.69. The molecular formula is C45H53NO22. The maximum atomic E-state index is 13.3. The van der Waals surface area contributed by atoms with E-state index in [0.29, 0.717) is 0 Å². The molecule has 370 valence electrons. The molecule has 23 nitrogen and oxygen atoms in total. The number of esters is 7. The number of aliphatic carboxylic acids is 1. The summed E-state index contributed by atoms with van der Waals surface area (Å²) in [6.07, 6.45) is -20.3. The highest BCUT2D eigenvalue weighted by Gasteiger charge is 2.58. The average molecular weight is 960 g/mol. The van der Waals surface area contributed by atoms with Crippen molar-refractivity contribution in [2.24, 2.45) is 0 Å². The van der Waals surface area contributed by atoms with Crippen LogP contribution in [0, 0.1) is 0 Å². The average Bonchev–Trinajstić information content (AvgIpc) is 3.57. The van der Waals surface area contributed by atoms with Crippen LogP contribution in [0.15, 0.2) is 48.5 Å². The van der Waals surface area contributed by atoms with Gasteiger partial charge in [-0.15, -0.1) is 0 Å². The summed E-state index contributed by atoms with van der Waals surface area (Å²) in [6, 6.07) is 13.3. The van der Waals surface area contributed by atoms with Gasteiger partial charge in [0.05, 0.1) is 6.10 Å². The lowest BCUT2D eigenvalue weighted by Crippen LogP contribution is -2.67. The second-order valence-corrected chi connectivity index (χ2v) is 15.8. The number of carboxylic acids is 1. The van der Waals surface area contributed by atoms with Crippen LogP contribution in [0.3, 0.4) is 0 Å². The number of amides is 1. The number of alkyl carbamates (subject to hydrolysis) is 1. The third-order valence-corrected chi connectivity index (χ3v) is 10.6. The maximum Gasteiger partial charge on any atom is 0.407 e. The van der Waals surface area contributed by atoms with Crippen LogP contribution in [-0.2, 0) is 95.2 Å². The Labute approximate surface area is 389 Å². The Balaban J connectivity index is 1.46. The van der Waals surface area contributed by atoms with Gasteiger partial charge >= 0.3 is 53.8 Å². The molecule has 0 aromatic heterocycles. The first-order valence-electron chi connectivity index (χ1n) is 21.2. The topological polar surface area (TPSA) is 297 Å². The predicted octanol–water partition coefficient (Wildman–Crippen LogP) is 2.00. The third-order valence-electron chi connectivity index (χ3n) is 10.6. The summed E-state index contributed by atoms with van der Waals surface area (Å²) in [4.78, 5) is 113. The van der Waals surface area contributed by atoms with Crippen molar-refractivity contribution in [1.82, 2.24) is 5.32 Å². The standard InChI is InChI=1S/C45H53NO22/c1-20(35(42(54)55)46-45(56)59-17-32-30-15-11-9-13-28(30)29-14-10-12-16-31(29)32)60-43-40(64-26(7)52)39(63-25(6)51)37(34(66-43)19-58-22(3)48)68-44-41(65-27(8)53)38(62-24(5)50)36(61-23(4)49)33(67-44)18-57-21(2)47/h9-16,20,32-41,43-44H,17-19H2,1-8H3,(H,46,56)(H,54,55)/t20-,33+,34+,35-,36+,37-,38-,39-,40-,41+,43-,44-/m1/s1. The molecule has 2 N–H and O–H groups in total. The van der Waals surface area contributed by atoms with Crippen molar-refractivity contribution in [1.29, 1.82) is 0 Å². The monoisotopic (exact) mass is 959 g/mol. The van der Waals surface area contributed by atoms with E-state index in [2.05, 4.69) is 5.32 Å². The summed E-state index contributed by atoms with van der Waals surface area (Å²) >= 11 is 0. The molecule has 2 fully saturated rings. The Bertz CT molecular complexity index is 2170. The largest absolute Gasteiger partial charge is 0.480 e. The summed E-state index contributed by atoms with van der Waals surface area (Å²) in [5.74, 6) is -8.49. The fourth-order valence-corrected chi connectivity index (χ4v) is 8.02. The second-order valence-electron chi connectivity index (χ2n) is 15.8. The number of carbonyl (C=O) groups excluding carboxylic acids is 8. The van der Waals surface area contributed by atoms with Crippen LogP contribution in [0.2, 0.25) is 0 Å². The molecule has 0 unspecified atom stereocenters. The van der Waals surface area contributed by atoms with Gasteiger partial charge in [0.1, 0.15) is 38.1 Å². The highest BCUT2D eigenvalue weighted by Crippen LogP contribution is 2.44. The van der Waals surface area contributed by atoms with E-state index in [1.54, 1.807) is 0 Å². The van der Waals surface area contributed by atoms with Crippen molar-refractivity contribution in [3.63, 3.8) is 0 Å². The van der Waals surface area contributed by atoms with Gasteiger partial charge < -0.3 is 67.3 Å². The van der Waals surface area contributed by atoms with Crippen LogP contribution in [0.5, 0.6) is 0 Å². The van der Waals surface area contributed by atoms with E-state index in [0.717, 1.165) is 70.7 Å². The van der Waals surface area contributed by atoms with E-state index in [1.165, 1.54) is 6.92 Å². The quantitative estimate of drug-likeness (QED) is 0.159. The molecule has 0 bridgehead atoms. The Morgan fingerprint density at radius 3 is 1.41 bits per heavy atom. The molecule has 2 aromatic carbocycles. The zero-order valence-electron chi connectivity index (χ0n) is 38.3. The van der Waals surface area contributed by atoms with Gasteiger partial charge in [-0.25, -0.2) is 9.59 Å². The van der Waals surface area contributed by atoms with E-state index in [4.69, 9.17) is 56.8 Å². The molecule has 12 atom stereocenters. The number of rotatable bonds is 18. The lowest BCUT2D eigenvalue weighted by molar-refractivity contribution is -0.364. The van der Waals surface area contributed by atoms with Gasteiger partial charge in [-0.3, -0.25) is 33.6 Å². The molecule has 0 saturated carbocycles. The van der Waals surface area contributed by atoms with Gasteiger partial charge in [-0.1, -0.05) is 48.5 Å². The fraction of sp³-hybridized carbons (Fsp3) is 0.533. The summed E-state index contributed by atoms with van der Waals surface area (Å²) < 4.78 is 68.3. The molecule has 2 heterocycles. The van der Waals surface area contributed by atoms with Crippen molar-refractivity contribution in [2.45, 2.75) is 135 Å². The maximum absolute atomic E-state index is 13.3. The summed E-state index contributed by atoms with van der Waals surface area (Å²) in [5.41, 5.74) is 3.73. The lowest BCUT2D eigenvalue weighted by Gasteiger charge is -2.49. The molecule has 3 aliphatic rings. The van der Waals surface area contributed by atoms with Gasteiger partial charge in [0.25, 0.3) is 0 Å². The van der Waals surface area contributed by atoms with Gasteiger partial charge in [0.2, 0.25) is 0 Å². The fourth-order valence-electron chi connectivity index (χ4n) is 8.02. The minimum absolute atomic E-state index is 0.162. The highest BCUT2D eigenvalue weighted by atomic mass is 16.8. The Morgan fingerprint density at radius 1 is 0.529 bits per heavy atom. The molecule has 0 spiro atoms. The van der Waals surface area contributed by atoms with Crippen LogP contribution < -0.4 is 5.32 Å². The van der Waals surface area contributed by atoms with Crippen molar-refractivity contribution in [3.8, 4) is 11.1 Å². The number of benzene rings is 2. The normalized spacial score (nSPS) is 25.9. The first-order valence-corrected chi connectivity index (χ1v) is 21.2. The third kappa shape index (κ3) is 13.5. The number of nitrogens with one attached hydrogen (secondary N) is 1. The SMILES string of the molecule is CC(=O)OC[C@@H]1O[C@H](O[C@H]2[C@@H](OC(C)=O)[C@@H](OC(C)=O)[C@H](O[C@H](C)[C@@H](NC(=O)OCC3c4ccccc4-c4ccccc43)C(=O)O)O[C@H]2COC(C)=O)[C@@H](OC(C)=O)[C@H](OC(C)=O)[C@H]1OC(C)=O. The summed E-state index contributed by atoms with van der Waals surface area (Å²) in [5, 5.41) is 12.6. The van der Waals surface area contributed by atoms with Crippen molar-refractivity contribution >= 4 is 53.8 Å². The zero-order chi connectivity index (χ0) is 50.0. The van der Waals surface area contributed by atoms with Gasteiger partial charge in [0, 0.05) is 54.4 Å². The van der Waals surface area contributed by atoms with Crippen molar-refractivity contribution in [2.75, 3.05) is 19.8 Å². The van der Waals surface area contributed by atoms with Crippen LogP contribution in [0.4, 0.5) is 4.79 Å². The van der Waals surface area contributed by atoms with E-state index in [1.807, 2.05) is 48.5 Å². The van der Waals surface area contributed by atoms with Gasteiger partial charge in [0.15, 0.2) is 49.1 Å². The van der Waals surface area contributed by atoms with Crippen LogP contribution in [0.25, 0.3) is 11.1 Å². The number of carboxylic acid groups (broad SMARTS) is 1. The molecule has 5 rings (SSSR count). The summed E-state index contributed by atoms with van der Waals surface area (Å²) in [7, 11) is 0. The molecule has 0 radical (unpaired) electrons. The molecule has 1 amide bonds. The number of hydrogen-bond donors (Lipinski definition) is 2. The highest BCUT2D eigenvalue weighted by molar-refractivity contribution is 5.81. The predicted molar refractivity (Wildman–Crippen MR) is 223 cm³/mol. The van der Waals surface area contributed by atoms with E-state index in [9.17, 15) is 48.3 Å². The second kappa shape index (κ2) is 23.4. The van der Waals surface area contributed by atoms with Gasteiger partial charge in [-0.05, 0) is 29.2 Å². The minimum Gasteiger partial charge on any atom is -0.480 e. The van der Waals surface area contributed by atoms with Crippen LogP contribution in [-0.4, -0.2) is 152 Å². The van der Waals surface area contributed by atoms with Gasteiger partial charge in [-0.2, -0.15) is 0 Å². The molecule has 2 aromatic rings.